The van der Waals surface area contributed by atoms with Gasteiger partial charge in [-0.05, 0) is 103 Å². The summed E-state index contributed by atoms with van der Waals surface area (Å²) in [4.78, 5) is 0. The molecule has 0 saturated carbocycles. The first kappa shape index (κ1) is 34.1. The maximum Gasteiger partial charge on any atom is 0.494 e. The van der Waals surface area contributed by atoms with Gasteiger partial charge in [0, 0.05) is 26.0 Å². The number of para-hydroxylation sites is 2. The van der Waals surface area contributed by atoms with Gasteiger partial charge in [0.2, 0.25) is 0 Å². The summed E-state index contributed by atoms with van der Waals surface area (Å²) in [7, 11) is -0.403. The summed E-state index contributed by atoms with van der Waals surface area (Å²) in [5.74, 6) is 0. The van der Waals surface area contributed by atoms with Crippen LogP contribution in [-0.4, -0.2) is 18.3 Å². The third kappa shape index (κ3) is 5.26. The molecular weight excluding hydrogens is 743 g/mol. The summed E-state index contributed by atoms with van der Waals surface area (Å²) in [6.45, 7) is 8.38. The molecule has 11 rings (SSSR count). The lowest BCUT2D eigenvalue weighted by Crippen LogP contribution is -2.41. The van der Waals surface area contributed by atoms with Gasteiger partial charge in [0.15, 0.2) is 0 Å². The lowest BCUT2D eigenvalue weighted by Gasteiger charge is -2.34. The van der Waals surface area contributed by atoms with Crippen LogP contribution in [0.3, 0.4) is 0 Å². The molecule has 0 atom stereocenters. The van der Waals surface area contributed by atoms with E-state index >= 15 is 0 Å². The Morgan fingerprint density at radius 3 is 1.47 bits per heavy atom. The van der Waals surface area contributed by atoms with Gasteiger partial charge in [0.1, 0.15) is 22.3 Å². The van der Waals surface area contributed by atoms with Crippen molar-refractivity contribution in [2.45, 2.75) is 44.3 Å². The summed E-state index contributed by atoms with van der Waals surface area (Å²) in [6, 6.07) is 55.7. The second kappa shape index (κ2) is 12.6. The van der Waals surface area contributed by atoms with Crippen LogP contribution in [0.5, 0.6) is 0 Å². The Balaban J connectivity index is 0.000000222. The first-order chi connectivity index (χ1) is 26.6. The molecule has 4 nitrogen and oxygen atoms in total. The van der Waals surface area contributed by atoms with E-state index in [2.05, 4.69) is 159 Å². The van der Waals surface area contributed by atoms with Crippen LogP contribution in [0.25, 0.3) is 55.0 Å². The van der Waals surface area contributed by atoms with Gasteiger partial charge in [-0.3, -0.25) is 0 Å². The van der Waals surface area contributed by atoms with Crippen molar-refractivity contribution in [2.75, 3.05) is 0 Å². The molecule has 1 aliphatic carbocycles. The lowest BCUT2D eigenvalue weighted by molar-refractivity contribution is 0.00578. The highest BCUT2D eigenvalue weighted by Crippen LogP contribution is 2.56. The van der Waals surface area contributed by atoms with E-state index in [1.807, 2.05) is 42.5 Å². The van der Waals surface area contributed by atoms with Crippen LogP contribution in [-0.2, 0) is 14.7 Å². The van der Waals surface area contributed by atoms with E-state index in [4.69, 9.17) is 18.1 Å². The minimum Gasteiger partial charge on any atom is -0.456 e. The van der Waals surface area contributed by atoms with E-state index in [1.54, 1.807) is 0 Å². The van der Waals surface area contributed by atoms with Gasteiger partial charge in [-0.25, -0.2) is 0 Å². The van der Waals surface area contributed by atoms with Crippen molar-refractivity contribution in [1.29, 1.82) is 0 Å². The number of halogens is 1. The molecule has 1 fully saturated rings. The Morgan fingerprint density at radius 1 is 0.436 bits per heavy atom. The number of benzene rings is 7. The summed E-state index contributed by atoms with van der Waals surface area (Å²) in [5.41, 5.74) is 10.9. The zero-order valence-corrected chi connectivity index (χ0v) is 32.7. The number of furan rings is 2. The molecule has 1 saturated heterocycles. The maximum atomic E-state index is 6.40. The summed E-state index contributed by atoms with van der Waals surface area (Å²) < 4.78 is 25.9. The van der Waals surface area contributed by atoms with Crippen molar-refractivity contribution in [3.8, 4) is 11.1 Å². The molecule has 0 unspecified atom stereocenters. The SMILES string of the molecule is Brc1ccc2c(c1)oc1ccccc12.CC1(C)OB(c2ccc(C3(c4ccc5c(c4)oc4ccccc45)c4ccccc4-c4ccccc43)cc2)OC1(C)C. The van der Waals surface area contributed by atoms with Crippen molar-refractivity contribution in [3.63, 3.8) is 0 Å². The highest BCUT2D eigenvalue weighted by atomic mass is 79.9. The fraction of sp³-hybridized carbons (Fsp3) is 0.143. The number of rotatable bonds is 3. The first-order valence-corrected chi connectivity index (χ1v) is 19.6. The smallest absolute Gasteiger partial charge is 0.456 e. The Kier molecular flexibility index (Phi) is 7.80. The molecule has 0 spiro atoms. The topological polar surface area (TPSA) is 44.7 Å². The predicted molar refractivity (Wildman–Crippen MR) is 228 cm³/mol. The molecule has 0 N–H and O–H groups in total. The van der Waals surface area contributed by atoms with Gasteiger partial charge in [0.25, 0.3) is 0 Å². The molecule has 6 heteroatoms. The molecule has 0 radical (unpaired) electrons. The second-order valence-electron chi connectivity index (χ2n) is 15.6. The largest absolute Gasteiger partial charge is 0.494 e. The molecule has 0 amide bonds. The van der Waals surface area contributed by atoms with Gasteiger partial charge in [0.05, 0.1) is 16.6 Å². The maximum absolute atomic E-state index is 6.40. The molecule has 2 aromatic heterocycles. The van der Waals surface area contributed by atoms with Crippen molar-refractivity contribution in [3.05, 3.63) is 184 Å². The van der Waals surface area contributed by atoms with Crippen molar-refractivity contribution in [2.24, 2.45) is 0 Å². The lowest BCUT2D eigenvalue weighted by atomic mass is 9.66. The normalized spacial score (nSPS) is 16.3. The Morgan fingerprint density at radius 2 is 0.891 bits per heavy atom. The van der Waals surface area contributed by atoms with E-state index in [1.165, 1.54) is 44.2 Å². The molecule has 2 aliphatic rings. The van der Waals surface area contributed by atoms with E-state index in [0.29, 0.717) is 0 Å². The fourth-order valence-corrected chi connectivity index (χ4v) is 8.89. The van der Waals surface area contributed by atoms with Gasteiger partial charge in [-0.1, -0.05) is 137 Å². The number of hydrogen-bond donors (Lipinski definition) is 0. The average Bonchev–Trinajstić information content (AvgIpc) is 3.90. The fourth-order valence-electron chi connectivity index (χ4n) is 8.55. The molecular formula is C49H38BBrO4. The highest BCUT2D eigenvalue weighted by Gasteiger charge is 2.52. The molecule has 55 heavy (non-hydrogen) atoms. The van der Waals surface area contributed by atoms with E-state index < -0.39 is 12.5 Å². The zero-order chi connectivity index (χ0) is 37.5. The molecule has 3 heterocycles. The molecule has 0 bridgehead atoms. The van der Waals surface area contributed by atoms with E-state index in [-0.39, 0.29) is 11.2 Å². The Hall–Kier alpha value is -5.40. The van der Waals surface area contributed by atoms with Crippen molar-refractivity contribution in [1.82, 2.24) is 0 Å². The number of fused-ring (bicyclic) bond motifs is 9. The van der Waals surface area contributed by atoms with Gasteiger partial charge >= 0.3 is 7.12 Å². The van der Waals surface area contributed by atoms with Crippen LogP contribution in [0.1, 0.15) is 49.9 Å². The molecule has 268 valence electrons. The minimum atomic E-state index is -0.505. The van der Waals surface area contributed by atoms with Crippen LogP contribution in [0.2, 0.25) is 0 Å². The van der Waals surface area contributed by atoms with Crippen molar-refractivity contribution >= 4 is 72.4 Å². The quantitative estimate of drug-likeness (QED) is 0.168. The zero-order valence-electron chi connectivity index (χ0n) is 31.1. The van der Waals surface area contributed by atoms with Crippen LogP contribution in [0.4, 0.5) is 0 Å². The summed E-state index contributed by atoms with van der Waals surface area (Å²) in [6.07, 6.45) is 0. The standard InChI is InChI=1S/C37H31BO3.C12H7BrO/c1-35(2)36(3,4)41-38(40-35)26-20-17-24(18-21-26)37(31-14-8-5-11-27(31)28-12-6-9-15-32(28)37)25-19-22-30-29-13-7-10-16-33(29)39-34(30)23-25;13-8-5-6-10-9-3-1-2-4-11(9)14-12(10)7-8/h5-23H,1-4H3;1-7H. The Bertz CT molecular complexity index is 2860. The van der Waals surface area contributed by atoms with Crippen LogP contribution in [0, 0.1) is 0 Å². The predicted octanol–water partition coefficient (Wildman–Crippen LogP) is 12.6. The number of hydrogen-bond acceptors (Lipinski definition) is 4. The highest BCUT2D eigenvalue weighted by molar-refractivity contribution is 9.10. The van der Waals surface area contributed by atoms with Crippen LogP contribution in [0.15, 0.2) is 171 Å². The van der Waals surface area contributed by atoms with Crippen molar-refractivity contribution < 1.29 is 18.1 Å². The summed E-state index contributed by atoms with van der Waals surface area (Å²) >= 11 is 3.43. The first-order valence-electron chi connectivity index (χ1n) is 18.8. The van der Waals surface area contributed by atoms with E-state index in [0.717, 1.165) is 43.0 Å². The third-order valence-electron chi connectivity index (χ3n) is 12.0. The molecule has 9 aromatic rings. The van der Waals surface area contributed by atoms with Gasteiger partial charge in [-0.2, -0.15) is 0 Å². The third-order valence-corrected chi connectivity index (χ3v) is 12.5. The molecule has 7 aromatic carbocycles. The van der Waals surface area contributed by atoms with Crippen LogP contribution >= 0.6 is 15.9 Å². The second-order valence-corrected chi connectivity index (χ2v) is 16.5. The van der Waals surface area contributed by atoms with Crippen LogP contribution < -0.4 is 5.46 Å². The van der Waals surface area contributed by atoms with Gasteiger partial charge in [-0.15, -0.1) is 0 Å². The Labute approximate surface area is 329 Å². The minimum absolute atomic E-state index is 0.386. The molecule has 1 aliphatic heterocycles. The van der Waals surface area contributed by atoms with Gasteiger partial charge < -0.3 is 18.1 Å². The monoisotopic (exact) mass is 780 g/mol. The van der Waals surface area contributed by atoms with E-state index in [9.17, 15) is 0 Å². The summed E-state index contributed by atoms with van der Waals surface area (Å²) in [5, 5.41) is 4.62. The average molecular weight is 782 g/mol.